The van der Waals surface area contributed by atoms with Crippen molar-refractivity contribution in [3.63, 3.8) is 0 Å². The molecule has 1 aliphatic carbocycles. The zero-order valence-electron chi connectivity index (χ0n) is 33.1. The zero-order valence-corrected chi connectivity index (χ0v) is 33.1. The second-order valence-electron chi connectivity index (χ2n) is 16.0. The average Bonchev–Trinajstić information content (AvgIpc) is 3.79. The van der Waals surface area contributed by atoms with Crippen LogP contribution >= 0.6 is 0 Å². The first-order valence-electron chi connectivity index (χ1n) is 20.4. The predicted molar refractivity (Wildman–Crippen MR) is 248 cm³/mol. The number of fused-ring (bicyclic) bond motifs is 6. The Morgan fingerprint density at radius 1 is 0.373 bits per heavy atom. The minimum atomic E-state index is -0.109. The van der Waals surface area contributed by atoms with Gasteiger partial charge in [-0.3, -0.25) is 0 Å². The molecule has 2 nitrogen and oxygen atoms in total. The molecule has 0 atom stereocenters. The molecule has 9 aromatic carbocycles. The molecule has 0 fully saturated rings. The van der Waals surface area contributed by atoms with Gasteiger partial charge in [0.15, 0.2) is 0 Å². The second kappa shape index (κ2) is 13.9. The molecule has 0 saturated heterocycles. The van der Waals surface area contributed by atoms with Crippen LogP contribution < -0.4 is 4.90 Å². The lowest BCUT2D eigenvalue weighted by Gasteiger charge is -2.30. The van der Waals surface area contributed by atoms with Crippen LogP contribution in [0, 0.1) is 0 Å². The number of hydrogen-bond donors (Lipinski definition) is 0. The maximum atomic E-state index is 6.35. The van der Waals surface area contributed by atoms with Gasteiger partial charge in [0.2, 0.25) is 0 Å². The van der Waals surface area contributed by atoms with Crippen molar-refractivity contribution >= 4 is 39.0 Å². The van der Waals surface area contributed by atoms with Crippen molar-refractivity contribution in [1.29, 1.82) is 0 Å². The number of nitrogens with zero attached hydrogens (tertiary/aromatic N) is 1. The smallest absolute Gasteiger partial charge is 0.136 e. The highest BCUT2D eigenvalue weighted by Crippen LogP contribution is 2.54. The average molecular weight is 756 g/mol. The Kier molecular flexibility index (Phi) is 8.20. The molecular formula is C57H41NO. The van der Waals surface area contributed by atoms with E-state index in [0.29, 0.717) is 0 Å². The quantitative estimate of drug-likeness (QED) is 0.161. The summed E-state index contributed by atoms with van der Waals surface area (Å²) in [5.41, 5.74) is 19.7. The number of furan rings is 1. The molecule has 1 aliphatic rings. The van der Waals surface area contributed by atoms with Gasteiger partial charge in [-0.2, -0.15) is 0 Å². The summed E-state index contributed by atoms with van der Waals surface area (Å²) in [6.45, 7) is 4.72. The lowest BCUT2D eigenvalue weighted by molar-refractivity contribution is 0.660. The first-order chi connectivity index (χ1) is 29.0. The normalized spacial score (nSPS) is 12.7. The summed E-state index contributed by atoms with van der Waals surface area (Å²) in [4.78, 5) is 2.44. The first kappa shape index (κ1) is 34.8. The van der Waals surface area contributed by atoms with Gasteiger partial charge in [-0.05, 0) is 104 Å². The van der Waals surface area contributed by atoms with E-state index in [2.05, 4.69) is 225 Å². The molecule has 0 radical (unpaired) electrons. The largest absolute Gasteiger partial charge is 0.456 e. The van der Waals surface area contributed by atoms with Gasteiger partial charge in [0.1, 0.15) is 11.2 Å². The molecule has 0 bridgehead atoms. The third-order valence-electron chi connectivity index (χ3n) is 12.3. The van der Waals surface area contributed by atoms with E-state index in [1.165, 1.54) is 50.1 Å². The highest BCUT2D eigenvalue weighted by molar-refractivity contribution is 6.12. The SMILES string of the molecule is CC1(C)c2ccccc2-c2c(-c3cccc(N(c4ccc(-c5ccccc5)cc4)c4cccc(-c5cccc6oc7ccccc7c56)c4)c3-c3ccccc3)cccc21. The second-order valence-corrected chi connectivity index (χ2v) is 16.0. The van der Waals surface area contributed by atoms with E-state index in [4.69, 9.17) is 4.42 Å². The van der Waals surface area contributed by atoms with E-state index in [9.17, 15) is 0 Å². The molecule has 0 aliphatic heterocycles. The van der Waals surface area contributed by atoms with Crippen molar-refractivity contribution in [1.82, 2.24) is 0 Å². The maximum absolute atomic E-state index is 6.35. The molecule has 0 N–H and O–H groups in total. The van der Waals surface area contributed by atoms with Gasteiger partial charge in [0.25, 0.3) is 0 Å². The molecule has 280 valence electrons. The minimum absolute atomic E-state index is 0.109. The van der Waals surface area contributed by atoms with Crippen molar-refractivity contribution in [2.24, 2.45) is 0 Å². The van der Waals surface area contributed by atoms with Gasteiger partial charge in [0.05, 0.1) is 5.69 Å². The minimum Gasteiger partial charge on any atom is -0.456 e. The fourth-order valence-corrected chi connectivity index (χ4v) is 9.53. The van der Waals surface area contributed by atoms with Crippen molar-refractivity contribution in [2.45, 2.75) is 19.3 Å². The Bertz CT molecular complexity index is 3170. The van der Waals surface area contributed by atoms with E-state index in [1.54, 1.807) is 0 Å². The lowest BCUT2D eigenvalue weighted by Crippen LogP contribution is -2.14. The molecule has 0 amide bonds. The monoisotopic (exact) mass is 755 g/mol. The molecule has 10 aromatic rings. The molecule has 11 rings (SSSR count). The van der Waals surface area contributed by atoms with Crippen LogP contribution in [-0.4, -0.2) is 0 Å². The van der Waals surface area contributed by atoms with Crippen LogP contribution in [-0.2, 0) is 5.41 Å². The fraction of sp³-hybridized carbons (Fsp3) is 0.0526. The number of hydrogen-bond acceptors (Lipinski definition) is 2. The summed E-state index contributed by atoms with van der Waals surface area (Å²) in [6, 6.07) is 76.9. The molecule has 1 heterocycles. The Labute approximate surface area is 345 Å². The van der Waals surface area contributed by atoms with Gasteiger partial charge in [-0.1, -0.05) is 184 Å². The number of anilines is 3. The van der Waals surface area contributed by atoms with Gasteiger partial charge in [0, 0.05) is 33.1 Å². The van der Waals surface area contributed by atoms with Gasteiger partial charge in [-0.25, -0.2) is 0 Å². The Balaban J connectivity index is 1.17. The fourth-order valence-electron chi connectivity index (χ4n) is 9.53. The van der Waals surface area contributed by atoms with Crippen LogP contribution in [0.4, 0.5) is 17.1 Å². The first-order valence-corrected chi connectivity index (χ1v) is 20.4. The Morgan fingerprint density at radius 2 is 0.932 bits per heavy atom. The molecule has 0 unspecified atom stereocenters. The highest BCUT2D eigenvalue weighted by Gasteiger charge is 2.37. The Morgan fingerprint density at radius 3 is 1.75 bits per heavy atom. The third kappa shape index (κ3) is 5.71. The third-order valence-corrected chi connectivity index (χ3v) is 12.3. The molecule has 0 saturated carbocycles. The number of benzene rings is 9. The summed E-state index contributed by atoms with van der Waals surface area (Å²) in [5, 5.41) is 2.25. The van der Waals surface area contributed by atoms with E-state index >= 15 is 0 Å². The van der Waals surface area contributed by atoms with Crippen LogP contribution in [0.2, 0.25) is 0 Å². The van der Waals surface area contributed by atoms with E-state index in [0.717, 1.165) is 55.7 Å². The number of rotatable bonds is 7. The summed E-state index contributed by atoms with van der Waals surface area (Å²) >= 11 is 0. The van der Waals surface area contributed by atoms with Crippen LogP contribution in [0.1, 0.15) is 25.0 Å². The predicted octanol–water partition coefficient (Wildman–Crippen LogP) is 16.0. The molecule has 1 aromatic heterocycles. The summed E-state index contributed by atoms with van der Waals surface area (Å²) in [6.07, 6.45) is 0. The Hall–Kier alpha value is -7.42. The topological polar surface area (TPSA) is 16.4 Å². The van der Waals surface area contributed by atoms with Gasteiger partial charge < -0.3 is 9.32 Å². The molecular weight excluding hydrogens is 715 g/mol. The van der Waals surface area contributed by atoms with Gasteiger partial charge in [-0.15, -0.1) is 0 Å². The van der Waals surface area contributed by atoms with Crippen molar-refractivity contribution in [3.8, 4) is 55.6 Å². The van der Waals surface area contributed by atoms with E-state index in [1.807, 2.05) is 6.07 Å². The molecule has 59 heavy (non-hydrogen) atoms. The molecule has 2 heteroatoms. The maximum Gasteiger partial charge on any atom is 0.136 e. The van der Waals surface area contributed by atoms with Crippen LogP contribution in [0.15, 0.2) is 217 Å². The van der Waals surface area contributed by atoms with E-state index in [-0.39, 0.29) is 5.41 Å². The van der Waals surface area contributed by atoms with Crippen LogP contribution in [0.3, 0.4) is 0 Å². The lowest BCUT2D eigenvalue weighted by atomic mass is 9.81. The van der Waals surface area contributed by atoms with Crippen LogP contribution in [0.25, 0.3) is 77.6 Å². The standard InChI is InChI=1S/C57H41NO/c1-57(2)49-28-11-9-23-47(49)55-46(26-14-29-50(55)57)45-27-15-30-51(54(45)40-19-7-4-8-20-40)58(42-35-33-39(34-36-42)38-17-5-3-6-18-38)43-22-13-21-41(37-43)44-25-16-32-53-56(44)48-24-10-12-31-52(48)59-53/h3-37H,1-2H3. The van der Waals surface area contributed by atoms with Crippen LogP contribution in [0.5, 0.6) is 0 Å². The van der Waals surface area contributed by atoms with Crippen molar-refractivity contribution in [3.05, 3.63) is 223 Å². The zero-order chi connectivity index (χ0) is 39.5. The van der Waals surface area contributed by atoms with E-state index < -0.39 is 0 Å². The van der Waals surface area contributed by atoms with Crippen molar-refractivity contribution < 1.29 is 4.42 Å². The summed E-state index contributed by atoms with van der Waals surface area (Å²) in [5.74, 6) is 0. The summed E-state index contributed by atoms with van der Waals surface area (Å²) < 4.78 is 6.35. The van der Waals surface area contributed by atoms with Gasteiger partial charge >= 0.3 is 0 Å². The molecule has 0 spiro atoms. The number of para-hydroxylation sites is 1. The van der Waals surface area contributed by atoms with Crippen molar-refractivity contribution in [2.75, 3.05) is 4.90 Å². The summed E-state index contributed by atoms with van der Waals surface area (Å²) in [7, 11) is 0. The highest BCUT2D eigenvalue weighted by atomic mass is 16.3.